The van der Waals surface area contributed by atoms with E-state index >= 15 is 0 Å². The summed E-state index contributed by atoms with van der Waals surface area (Å²) in [4.78, 5) is 27.3. The number of halogens is 2. The molecule has 1 aliphatic carbocycles. The average Bonchev–Trinajstić information content (AvgIpc) is 2.93. The maximum atomic E-state index is 13.1. The van der Waals surface area contributed by atoms with Gasteiger partial charge in [0.25, 0.3) is 0 Å². The van der Waals surface area contributed by atoms with Crippen LogP contribution in [-0.2, 0) is 16.0 Å². The Morgan fingerprint density at radius 1 is 1.20 bits per heavy atom. The van der Waals surface area contributed by atoms with Gasteiger partial charge in [-0.15, -0.1) is 0 Å². The summed E-state index contributed by atoms with van der Waals surface area (Å²) in [7, 11) is 0. The first kappa shape index (κ1) is 18.5. The molecule has 0 aromatic heterocycles. The Bertz CT molecular complexity index is 653. The van der Waals surface area contributed by atoms with Gasteiger partial charge in [-0.1, -0.05) is 48.5 Å². The van der Waals surface area contributed by atoms with E-state index < -0.39 is 11.3 Å². The Morgan fingerprint density at radius 3 is 2.44 bits per heavy atom. The van der Waals surface area contributed by atoms with Crippen LogP contribution in [0.3, 0.4) is 0 Å². The quantitative estimate of drug-likeness (QED) is 0.783. The molecule has 2 aliphatic rings. The van der Waals surface area contributed by atoms with Crippen molar-refractivity contribution in [2.45, 2.75) is 57.4 Å². The SMILES string of the molecule is NC(=O)C1(CCc2c(Cl)cccc2Cl)CCN(C2CCCCC2)C1=O. The predicted octanol–water partition coefficient (Wildman–Crippen LogP) is 3.96. The second-order valence-corrected chi connectivity index (χ2v) is 8.00. The first-order valence-electron chi connectivity index (χ1n) is 8.99. The third-order valence-corrected chi connectivity index (χ3v) is 6.51. The van der Waals surface area contributed by atoms with Crippen LogP contribution in [0.15, 0.2) is 18.2 Å². The number of nitrogens with zero attached hydrogens (tertiary/aromatic N) is 1. The average molecular weight is 383 g/mol. The highest BCUT2D eigenvalue weighted by atomic mass is 35.5. The topological polar surface area (TPSA) is 63.4 Å². The molecule has 2 amide bonds. The van der Waals surface area contributed by atoms with E-state index in [4.69, 9.17) is 28.9 Å². The van der Waals surface area contributed by atoms with E-state index in [1.807, 2.05) is 4.90 Å². The summed E-state index contributed by atoms with van der Waals surface area (Å²) >= 11 is 12.5. The van der Waals surface area contributed by atoms with Gasteiger partial charge in [-0.3, -0.25) is 9.59 Å². The number of rotatable bonds is 5. The van der Waals surface area contributed by atoms with E-state index in [2.05, 4.69) is 0 Å². The third-order valence-electron chi connectivity index (χ3n) is 5.80. The molecule has 6 heteroatoms. The lowest BCUT2D eigenvalue weighted by molar-refractivity contribution is -0.145. The number of carbonyl (C=O) groups excluding carboxylic acids is 2. The summed E-state index contributed by atoms with van der Waals surface area (Å²) in [5.74, 6) is -0.630. The summed E-state index contributed by atoms with van der Waals surface area (Å²) in [5, 5.41) is 1.11. The van der Waals surface area contributed by atoms with Gasteiger partial charge in [0.15, 0.2) is 0 Å². The molecule has 0 bridgehead atoms. The molecular weight excluding hydrogens is 359 g/mol. The van der Waals surface area contributed by atoms with Gasteiger partial charge in [0.1, 0.15) is 5.41 Å². The smallest absolute Gasteiger partial charge is 0.238 e. The minimum absolute atomic E-state index is 0.102. The maximum absolute atomic E-state index is 13.1. The van der Waals surface area contributed by atoms with E-state index in [1.54, 1.807) is 18.2 Å². The first-order chi connectivity index (χ1) is 12.0. The fourth-order valence-corrected chi connectivity index (χ4v) is 4.82. The number of amides is 2. The van der Waals surface area contributed by atoms with Crippen LogP contribution in [0.25, 0.3) is 0 Å². The lowest BCUT2D eigenvalue weighted by Crippen LogP contribution is -2.47. The molecule has 136 valence electrons. The number of nitrogens with two attached hydrogens (primary N) is 1. The van der Waals surface area contributed by atoms with E-state index in [0.29, 0.717) is 35.9 Å². The zero-order valence-corrected chi connectivity index (χ0v) is 15.8. The van der Waals surface area contributed by atoms with Crippen molar-refractivity contribution in [3.05, 3.63) is 33.8 Å². The second kappa shape index (κ2) is 7.55. The van der Waals surface area contributed by atoms with Crippen LogP contribution in [0.4, 0.5) is 0 Å². The molecule has 3 rings (SSSR count). The third kappa shape index (κ3) is 3.52. The van der Waals surface area contributed by atoms with Gasteiger partial charge >= 0.3 is 0 Å². The van der Waals surface area contributed by atoms with Crippen molar-refractivity contribution in [3.63, 3.8) is 0 Å². The zero-order chi connectivity index (χ0) is 18.0. The van der Waals surface area contributed by atoms with Crippen molar-refractivity contribution >= 4 is 35.0 Å². The Hall–Kier alpha value is -1.26. The number of hydrogen-bond acceptors (Lipinski definition) is 2. The Kier molecular flexibility index (Phi) is 5.59. The largest absolute Gasteiger partial charge is 0.369 e. The van der Waals surface area contributed by atoms with Gasteiger partial charge < -0.3 is 10.6 Å². The van der Waals surface area contributed by atoms with E-state index in [0.717, 1.165) is 31.2 Å². The molecule has 0 spiro atoms. The van der Waals surface area contributed by atoms with Crippen LogP contribution >= 0.6 is 23.2 Å². The molecule has 1 aliphatic heterocycles. The molecule has 2 fully saturated rings. The van der Waals surface area contributed by atoms with Crippen molar-refractivity contribution in [2.75, 3.05) is 6.54 Å². The highest BCUT2D eigenvalue weighted by molar-refractivity contribution is 6.36. The van der Waals surface area contributed by atoms with Gasteiger partial charge in [0.05, 0.1) is 0 Å². The first-order valence-corrected chi connectivity index (χ1v) is 9.75. The molecule has 1 saturated heterocycles. The summed E-state index contributed by atoms with van der Waals surface area (Å²) in [6.45, 7) is 0.614. The summed E-state index contributed by atoms with van der Waals surface area (Å²) < 4.78 is 0. The van der Waals surface area contributed by atoms with Crippen LogP contribution in [0.5, 0.6) is 0 Å². The Balaban J connectivity index is 1.78. The molecule has 0 radical (unpaired) electrons. The Morgan fingerprint density at radius 2 is 1.84 bits per heavy atom. The number of benzene rings is 1. The van der Waals surface area contributed by atoms with E-state index in [1.165, 1.54) is 6.42 Å². The predicted molar refractivity (Wildman–Crippen MR) is 99.6 cm³/mol. The van der Waals surface area contributed by atoms with Crippen molar-refractivity contribution < 1.29 is 9.59 Å². The number of carbonyl (C=O) groups is 2. The van der Waals surface area contributed by atoms with E-state index in [9.17, 15) is 9.59 Å². The molecule has 1 unspecified atom stereocenters. The van der Waals surface area contributed by atoms with Crippen molar-refractivity contribution in [1.82, 2.24) is 4.90 Å². The molecule has 2 N–H and O–H groups in total. The fourth-order valence-electron chi connectivity index (χ4n) is 4.23. The highest BCUT2D eigenvalue weighted by Gasteiger charge is 2.52. The number of hydrogen-bond donors (Lipinski definition) is 1. The molecule has 1 aromatic carbocycles. The molecule has 1 saturated carbocycles. The molecular formula is C19H24Cl2N2O2. The number of likely N-dealkylation sites (tertiary alicyclic amines) is 1. The highest BCUT2D eigenvalue weighted by Crippen LogP contribution is 2.40. The lowest BCUT2D eigenvalue weighted by atomic mass is 9.79. The Labute approximate surface area is 158 Å². The zero-order valence-electron chi connectivity index (χ0n) is 14.3. The van der Waals surface area contributed by atoms with Crippen LogP contribution < -0.4 is 5.73 Å². The van der Waals surface area contributed by atoms with Crippen LogP contribution in [-0.4, -0.2) is 29.3 Å². The van der Waals surface area contributed by atoms with E-state index in [-0.39, 0.29) is 11.9 Å². The minimum atomic E-state index is -1.13. The van der Waals surface area contributed by atoms with Gasteiger partial charge in [0.2, 0.25) is 11.8 Å². The maximum Gasteiger partial charge on any atom is 0.238 e. The normalized spacial score (nSPS) is 24.7. The molecule has 25 heavy (non-hydrogen) atoms. The van der Waals surface area contributed by atoms with Gasteiger partial charge in [-0.2, -0.15) is 0 Å². The second-order valence-electron chi connectivity index (χ2n) is 7.19. The standard InChI is InChI=1S/C19H24Cl2N2O2/c20-15-7-4-8-16(21)14(15)9-10-19(17(22)24)11-12-23(18(19)25)13-5-2-1-3-6-13/h4,7-8,13H,1-3,5-6,9-12H2,(H2,22,24). The minimum Gasteiger partial charge on any atom is -0.369 e. The van der Waals surface area contributed by atoms with Crippen LogP contribution in [0, 0.1) is 5.41 Å². The summed E-state index contributed by atoms with van der Waals surface area (Å²) in [6.07, 6.45) is 6.87. The van der Waals surface area contributed by atoms with Gasteiger partial charge in [-0.25, -0.2) is 0 Å². The molecule has 1 atom stereocenters. The van der Waals surface area contributed by atoms with Crippen molar-refractivity contribution in [3.8, 4) is 0 Å². The van der Waals surface area contributed by atoms with Crippen LogP contribution in [0.1, 0.15) is 50.5 Å². The van der Waals surface area contributed by atoms with Crippen molar-refractivity contribution in [2.24, 2.45) is 11.1 Å². The lowest BCUT2D eigenvalue weighted by Gasteiger charge is -2.33. The summed E-state index contributed by atoms with van der Waals surface area (Å²) in [6, 6.07) is 5.57. The molecule has 1 heterocycles. The fraction of sp³-hybridized carbons (Fsp3) is 0.579. The molecule has 1 aromatic rings. The monoisotopic (exact) mass is 382 g/mol. The van der Waals surface area contributed by atoms with Crippen molar-refractivity contribution in [1.29, 1.82) is 0 Å². The van der Waals surface area contributed by atoms with Gasteiger partial charge in [0, 0.05) is 22.6 Å². The summed E-state index contributed by atoms with van der Waals surface area (Å²) in [5.41, 5.74) is 5.35. The van der Waals surface area contributed by atoms with Crippen LogP contribution in [0.2, 0.25) is 10.0 Å². The van der Waals surface area contributed by atoms with Gasteiger partial charge in [-0.05, 0) is 49.8 Å². The number of primary amides is 1. The molecule has 4 nitrogen and oxygen atoms in total.